The Morgan fingerprint density at radius 2 is 1.78 bits per heavy atom. The Labute approximate surface area is 187 Å². The van der Waals surface area contributed by atoms with Crippen molar-refractivity contribution in [3.63, 3.8) is 0 Å². The Morgan fingerprint density at radius 1 is 1.00 bits per heavy atom. The van der Waals surface area contributed by atoms with Crippen molar-refractivity contribution in [2.75, 3.05) is 31.5 Å². The molecule has 32 heavy (non-hydrogen) atoms. The second kappa shape index (κ2) is 8.31. The fourth-order valence-electron chi connectivity index (χ4n) is 4.76. The van der Waals surface area contributed by atoms with Crippen molar-refractivity contribution >= 4 is 16.9 Å². The number of hydrogen-bond acceptors (Lipinski definition) is 4. The van der Waals surface area contributed by atoms with Crippen molar-refractivity contribution in [3.8, 4) is 22.4 Å². The first kappa shape index (κ1) is 20.6. The minimum absolute atomic E-state index is 0.0211. The number of benzene rings is 2. The van der Waals surface area contributed by atoms with E-state index in [1.165, 1.54) is 31.5 Å². The van der Waals surface area contributed by atoms with Crippen molar-refractivity contribution < 1.29 is 0 Å². The Hall–Kier alpha value is -3.32. The van der Waals surface area contributed by atoms with Crippen LogP contribution in [-0.4, -0.2) is 50.4 Å². The number of aromatic amines is 1. The number of fused-ring (bicyclic) bond motifs is 1. The maximum atomic E-state index is 12.4. The highest BCUT2D eigenvalue weighted by atomic mass is 16.1. The van der Waals surface area contributed by atoms with Gasteiger partial charge in [0.15, 0.2) is 5.82 Å². The molecular formula is C25H30N6O. The first-order valence-electron chi connectivity index (χ1n) is 11.3. The molecule has 2 aromatic carbocycles. The molecule has 1 aliphatic heterocycles. The third-order valence-corrected chi connectivity index (χ3v) is 6.55. The molecule has 0 atom stereocenters. The lowest BCUT2D eigenvalue weighted by Crippen LogP contribution is -2.26. The van der Waals surface area contributed by atoms with E-state index in [1.807, 2.05) is 20.2 Å². The highest BCUT2D eigenvalue weighted by Gasteiger charge is 2.19. The van der Waals surface area contributed by atoms with Crippen LogP contribution in [0.4, 0.5) is 5.82 Å². The van der Waals surface area contributed by atoms with Gasteiger partial charge in [0, 0.05) is 32.7 Å². The van der Waals surface area contributed by atoms with E-state index in [-0.39, 0.29) is 5.69 Å². The Kier molecular flexibility index (Phi) is 5.35. The molecule has 2 N–H and O–H groups in total. The second-order valence-electron chi connectivity index (χ2n) is 8.77. The number of likely N-dealkylation sites (tertiary alicyclic amines) is 1. The van der Waals surface area contributed by atoms with Gasteiger partial charge in [0.05, 0.1) is 22.3 Å². The number of H-pyrrole nitrogens is 1. The molecule has 0 unspecified atom stereocenters. The van der Waals surface area contributed by atoms with Crippen LogP contribution in [0.1, 0.15) is 18.4 Å². The van der Waals surface area contributed by atoms with E-state index in [0.29, 0.717) is 0 Å². The van der Waals surface area contributed by atoms with Crippen LogP contribution in [0.15, 0.2) is 47.3 Å². The lowest BCUT2D eigenvalue weighted by atomic mass is 9.99. The Morgan fingerprint density at radius 3 is 2.56 bits per heavy atom. The molecule has 0 saturated carbocycles. The summed E-state index contributed by atoms with van der Waals surface area (Å²) in [5.41, 5.74) is 7.17. The van der Waals surface area contributed by atoms with Crippen molar-refractivity contribution in [2.24, 2.45) is 14.1 Å². The van der Waals surface area contributed by atoms with Crippen molar-refractivity contribution in [1.82, 2.24) is 24.2 Å². The summed E-state index contributed by atoms with van der Waals surface area (Å²) in [7, 11) is 3.63. The highest BCUT2D eigenvalue weighted by molar-refractivity contribution is 5.92. The summed E-state index contributed by atoms with van der Waals surface area (Å²) >= 11 is 0. The second-order valence-corrected chi connectivity index (χ2v) is 8.77. The van der Waals surface area contributed by atoms with Crippen LogP contribution >= 0.6 is 0 Å². The zero-order chi connectivity index (χ0) is 22.2. The zero-order valence-electron chi connectivity index (χ0n) is 19.0. The predicted octanol–water partition coefficient (Wildman–Crippen LogP) is 3.75. The molecule has 0 spiro atoms. The van der Waals surface area contributed by atoms with Crippen molar-refractivity contribution in [3.05, 3.63) is 58.5 Å². The number of aromatic nitrogens is 4. The number of hydrogen-bond donors (Lipinski definition) is 2. The molecule has 7 heteroatoms. The average Bonchev–Trinajstić information content (AvgIpc) is 3.51. The molecule has 7 nitrogen and oxygen atoms in total. The minimum atomic E-state index is -0.0211. The summed E-state index contributed by atoms with van der Waals surface area (Å²) in [5, 5.41) is 11.5. The molecule has 0 amide bonds. The number of imidazole rings is 1. The van der Waals surface area contributed by atoms with Crippen LogP contribution < -0.4 is 11.0 Å². The van der Waals surface area contributed by atoms with Crippen molar-refractivity contribution in [1.29, 1.82) is 0 Å². The van der Waals surface area contributed by atoms with Crippen LogP contribution in [-0.2, 0) is 14.1 Å². The van der Waals surface area contributed by atoms with E-state index in [4.69, 9.17) is 0 Å². The highest BCUT2D eigenvalue weighted by Crippen LogP contribution is 2.37. The van der Waals surface area contributed by atoms with Crippen LogP contribution in [0.2, 0.25) is 0 Å². The molecule has 0 radical (unpaired) electrons. The first-order valence-corrected chi connectivity index (χ1v) is 11.3. The number of rotatable bonds is 6. The fourth-order valence-corrected chi connectivity index (χ4v) is 4.76. The molecule has 1 fully saturated rings. The van der Waals surface area contributed by atoms with Gasteiger partial charge in [-0.2, -0.15) is 5.10 Å². The van der Waals surface area contributed by atoms with E-state index >= 15 is 0 Å². The molecule has 0 bridgehead atoms. The number of anilines is 1. The summed E-state index contributed by atoms with van der Waals surface area (Å²) in [5.74, 6) is 0.848. The van der Waals surface area contributed by atoms with Gasteiger partial charge in [-0.05, 0) is 56.6 Å². The van der Waals surface area contributed by atoms with Gasteiger partial charge < -0.3 is 10.2 Å². The monoisotopic (exact) mass is 430 g/mol. The molecule has 4 aromatic rings. The van der Waals surface area contributed by atoms with Gasteiger partial charge >= 0.3 is 5.69 Å². The van der Waals surface area contributed by atoms with Gasteiger partial charge in [0.25, 0.3) is 0 Å². The standard InChI is InChI=1S/C25H30N6O/c1-17-7-6-8-19(15-17)23-22(24(28-27-23)26-11-14-31-12-4-5-13-31)18-9-10-20-21(16-18)30(3)25(32)29(20)2/h6-10,15-16H,4-5,11-14H2,1-3H3,(H2,26,27,28). The molecule has 166 valence electrons. The van der Waals surface area contributed by atoms with E-state index in [1.54, 1.807) is 9.13 Å². The third kappa shape index (κ3) is 3.62. The smallest absolute Gasteiger partial charge is 0.328 e. The normalized spacial score (nSPS) is 14.5. The third-order valence-electron chi connectivity index (χ3n) is 6.55. The van der Waals surface area contributed by atoms with Crippen LogP contribution in [0.5, 0.6) is 0 Å². The summed E-state index contributed by atoms with van der Waals surface area (Å²) in [6, 6.07) is 14.6. The molecule has 3 heterocycles. The molecule has 2 aromatic heterocycles. The van der Waals surface area contributed by atoms with Crippen molar-refractivity contribution in [2.45, 2.75) is 19.8 Å². The lowest BCUT2D eigenvalue weighted by Gasteiger charge is -2.15. The minimum Gasteiger partial charge on any atom is -0.367 e. The number of nitrogens with zero attached hydrogens (tertiary/aromatic N) is 4. The van der Waals surface area contributed by atoms with Gasteiger partial charge in [-0.15, -0.1) is 0 Å². The SMILES string of the molecule is Cc1cccc(-c2[nH]nc(NCCN3CCCC3)c2-c2ccc3c(c2)n(C)c(=O)n3C)c1. The van der Waals surface area contributed by atoms with Crippen LogP contribution in [0, 0.1) is 6.92 Å². The quantitative estimate of drug-likeness (QED) is 0.489. The van der Waals surface area contributed by atoms with Crippen LogP contribution in [0.3, 0.4) is 0 Å². The van der Waals surface area contributed by atoms with Gasteiger partial charge in [-0.25, -0.2) is 4.79 Å². The molecule has 5 rings (SSSR count). The average molecular weight is 431 g/mol. The summed E-state index contributed by atoms with van der Waals surface area (Å²) in [6.45, 7) is 6.32. The Balaban J connectivity index is 1.57. The number of aryl methyl sites for hydroxylation is 3. The lowest BCUT2D eigenvalue weighted by molar-refractivity contribution is 0.352. The van der Waals surface area contributed by atoms with Gasteiger partial charge in [-0.3, -0.25) is 14.2 Å². The van der Waals surface area contributed by atoms with Crippen LogP contribution in [0.25, 0.3) is 33.4 Å². The summed E-state index contributed by atoms with van der Waals surface area (Å²) in [4.78, 5) is 14.9. The van der Waals surface area contributed by atoms with E-state index < -0.39 is 0 Å². The predicted molar refractivity (Wildman–Crippen MR) is 130 cm³/mol. The van der Waals surface area contributed by atoms with Gasteiger partial charge in [0.2, 0.25) is 0 Å². The maximum Gasteiger partial charge on any atom is 0.328 e. The Bertz CT molecular complexity index is 1320. The first-order chi connectivity index (χ1) is 15.5. The molecule has 0 aliphatic carbocycles. The maximum absolute atomic E-state index is 12.4. The van der Waals surface area contributed by atoms with Gasteiger partial charge in [0.1, 0.15) is 0 Å². The van der Waals surface area contributed by atoms with E-state index in [2.05, 4.69) is 63.7 Å². The summed E-state index contributed by atoms with van der Waals surface area (Å²) in [6.07, 6.45) is 2.59. The fraction of sp³-hybridized carbons (Fsp3) is 0.360. The topological polar surface area (TPSA) is 70.9 Å². The number of nitrogens with one attached hydrogen (secondary N) is 2. The summed E-state index contributed by atoms with van der Waals surface area (Å²) < 4.78 is 3.39. The largest absolute Gasteiger partial charge is 0.367 e. The van der Waals surface area contributed by atoms with E-state index in [9.17, 15) is 4.79 Å². The molecule has 1 saturated heterocycles. The molecule has 1 aliphatic rings. The van der Waals surface area contributed by atoms with Gasteiger partial charge in [-0.1, -0.05) is 29.8 Å². The van der Waals surface area contributed by atoms with E-state index in [0.717, 1.165) is 52.3 Å². The molecular weight excluding hydrogens is 400 g/mol. The zero-order valence-corrected chi connectivity index (χ0v) is 19.0.